The summed E-state index contributed by atoms with van der Waals surface area (Å²) in [6, 6.07) is 5.78. The van der Waals surface area contributed by atoms with Crippen LogP contribution in [0.15, 0.2) is 18.3 Å². The third-order valence-electron chi connectivity index (χ3n) is 2.32. The Balaban J connectivity index is 0. The summed E-state index contributed by atoms with van der Waals surface area (Å²) in [4.78, 5) is 6.47. The molecule has 0 atom stereocenters. The lowest BCUT2D eigenvalue weighted by Crippen LogP contribution is -2.43. The molecule has 1 aromatic rings. The van der Waals surface area contributed by atoms with Crippen LogP contribution in [0.1, 0.15) is 5.56 Å². The van der Waals surface area contributed by atoms with Crippen molar-refractivity contribution in [2.45, 2.75) is 0 Å². The van der Waals surface area contributed by atoms with Crippen LogP contribution in [-0.2, 0) is 0 Å². The first-order valence-electron chi connectivity index (χ1n) is 4.72. The molecule has 2 rings (SSSR count). The highest BCUT2D eigenvalue weighted by molar-refractivity contribution is 5.86. The number of anilines is 1. The van der Waals surface area contributed by atoms with Crippen LogP contribution in [-0.4, -0.2) is 31.2 Å². The first kappa shape index (κ1) is 18.6. The van der Waals surface area contributed by atoms with Gasteiger partial charge in [0.25, 0.3) is 0 Å². The Hall–Kier alpha value is -0.730. The Labute approximate surface area is 120 Å². The minimum Gasteiger partial charge on any atom is -0.354 e. The van der Waals surface area contributed by atoms with Crippen LogP contribution < -0.4 is 10.2 Å². The average molecular weight is 298 g/mol. The average Bonchev–Trinajstić information content (AvgIpc) is 2.30. The van der Waals surface area contributed by atoms with E-state index in [2.05, 4.69) is 21.3 Å². The predicted octanol–water partition coefficient (Wildman–Crippen LogP) is 1.63. The first-order valence-corrected chi connectivity index (χ1v) is 4.72. The normalized spacial score (nSPS) is 13.5. The molecule has 2 heterocycles. The van der Waals surface area contributed by atoms with Crippen LogP contribution >= 0.6 is 37.2 Å². The smallest absolute Gasteiger partial charge is 0.128 e. The maximum absolute atomic E-state index is 8.63. The molecule has 1 aliphatic heterocycles. The Morgan fingerprint density at radius 2 is 1.82 bits per heavy atom. The van der Waals surface area contributed by atoms with Crippen molar-refractivity contribution in [3.8, 4) is 6.07 Å². The van der Waals surface area contributed by atoms with E-state index in [1.165, 1.54) is 0 Å². The van der Waals surface area contributed by atoms with Gasteiger partial charge in [-0.1, -0.05) is 0 Å². The topological polar surface area (TPSA) is 52.0 Å². The van der Waals surface area contributed by atoms with Crippen LogP contribution in [0.2, 0.25) is 0 Å². The number of hydrogen-bond acceptors (Lipinski definition) is 4. The summed E-state index contributed by atoms with van der Waals surface area (Å²) in [5, 5.41) is 11.9. The highest BCUT2D eigenvalue weighted by atomic mass is 35.5. The maximum Gasteiger partial charge on any atom is 0.128 e. The number of halogens is 3. The van der Waals surface area contributed by atoms with E-state index in [-0.39, 0.29) is 37.2 Å². The van der Waals surface area contributed by atoms with Crippen molar-refractivity contribution in [1.82, 2.24) is 10.3 Å². The van der Waals surface area contributed by atoms with Gasteiger partial charge in [-0.25, -0.2) is 4.98 Å². The highest BCUT2D eigenvalue weighted by Gasteiger charge is 2.10. The minimum atomic E-state index is 0. The van der Waals surface area contributed by atoms with Crippen LogP contribution in [0, 0.1) is 11.3 Å². The van der Waals surface area contributed by atoms with Gasteiger partial charge in [-0.05, 0) is 12.1 Å². The SMILES string of the molecule is Cl.Cl.Cl.N#Cc1ccc(N2CCNCC2)nc1. The molecule has 7 heteroatoms. The maximum atomic E-state index is 8.63. The number of hydrogen-bond donors (Lipinski definition) is 1. The highest BCUT2D eigenvalue weighted by Crippen LogP contribution is 2.11. The number of pyridine rings is 1. The third-order valence-corrected chi connectivity index (χ3v) is 2.32. The predicted molar refractivity (Wildman–Crippen MR) is 75.8 cm³/mol. The van der Waals surface area contributed by atoms with Crippen molar-refractivity contribution >= 4 is 43.0 Å². The van der Waals surface area contributed by atoms with Crippen molar-refractivity contribution in [2.75, 3.05) is 31.1 Å². The molecule has 0 unspecified atom stereocenters. The zero-order valence-corrected chi connectivity index (χ0v) is 11.6. The second kappa shape index (κ2) is 9.32. The second-order valence-corrected chi connectivity index (χ2v) is 3.25. The van der Waals surface area contributed by atoms with Crippen molar-refractivity contribution in [3.05, 3.63) is 23.9 Å². The molecular weight excluding hydrogens is 282 g/mol. The zero-order chi connectivity index (χ0) is 9.80. The van der Waals surface area contributed by atoms with Gasteiger partial charge in [-0.2, -0.15) is 5.26 Å². The fraction of sp³-hybridized carbons (Fsp3) is 0.400. The van der Waals surface area contributed by atoms with Crippen molar-refractivity contribution in [3.63, 3.8) is 0 Å². The molecule has 17 heavy (non-hydrogen) atoms. The molecule has 0 amide bonds. The summed E-state index contributed by atoms with van der Waals surface area (Å²) in [5.74, 6) is 0.963. The van der Waals surface area contributed by atoms with Crippen LogP contribution in [0.5, 0.6) is 0 Å². The van der Waals surface area contributed by atoms with Crippen LogP contribution in [0.4, 0.5) is 5.82 Å². The lowest BCUT2D eigenvalue weighted by molar-refractivity contribution is 0.585. The van der Waals surface area contributed by atoms with E-state index in [0.29, 0.717) is 5.56 Å². The summed E-state index contributed by atoms with van der Waals surface area (Å²) in [5.41, 5.74) is 0.615. The molecule has 1 saturated heterocycles. The molecular formula is C10H15Cl3N4. The van der Waals surface area contributed by atoms with Gasteiger partial charge in [0.15, 0.2) is 0 Å². The van der Waals surface area contributed by atoms with Crippen molar-refractivity contribution in [1.29, 1.82) is 5.26 Å². The molecule has 1 aliphatic rings. The number of nitriles is 1. The third kappa shape index (κ3) is 4.97. The Morgan fingerprint density at radius 1 is 1.18 bits per heavy atom. The van der Waals surface area contributed by atoms with Gasteiger partial charge >= 0.3 is 0 Å². The molecule has 1 aromatic heterocycles. The number of aromatic nitrogens is 1. The Morgan fingerprint density at radius 3 is 2.29 bits per heavy atom. The van der Waals surface area contributed by atoms with Crippen LogP contribution in [0.25, 0.3) is 0 Å². The summed E-state index contributed by atoms with van der Waals surface area (Å²) < 4.78 is 0. The van der Waals surface area contributed by atoms with Gasteiger partial charge < -0.3 is 10.2 Å². The first-order chi connectivity index (χ1) is 6.90. The van der Waals surface area contributed by atoms with Gasteiger partial charge in [0.1, 0.15) is 11.9 Å². The molecule has 0 aliphatic carbocycles. The number of piperazine rings is 1. The van der Waals surface area contributed by atoms with E-state index >= 15 is 0 Å². The Bertz CT molecular complexity index is 344. The van der Waals surface area contributed by atoms with Gasteiger partial charge in [-0.3, -0.25) is 0 Å². The van der Waals surface area contributed by atoms with Gasteiger partial charge in [0, 0.05) is 32.4 Å². The molecule has 1 fully saturated rings. The zero-order valence-electron chi connectivity index (χ0n) is 9.13. The van der Waals surface area contributed by atoms with Crippen molar-refractivity contribution in [2.24, 2.45) is 0 Å². The lowest BCUT2D eigenvalue weighted by Gasteiger charge is -2.28. The summed E-state index contributed by atoms with van der Waals surface area (Å²) in [6.45, 7) is 3.97. The molecule has 0 spiro atoms. The molecule has 0 bridgehead atoms. The minimum absolute atomic E-state index is 0. The van der Waals surface area contributed by atoms with Gasteiger partial charge in [0.2, 0.25) is 0 Å². The van der Waals surface area contributed by atoms with E-state index in [1.54, 1.807) is 6.20 Å². The molecule has 96 valence electrons. The standard InChI is InChI=1S/C10H12N4.3ClH/c11-7-9-1-2-10(13-8-9)14-5-3-12-4-6-14;;;/h1-2,8,12H,3-6H2;3*1H. The quantitative estimate of drug-likeness (QED) is 0.856. The monoisotopic (exact) mass is 296 g/mol. The summed E-state index contributed by atoms with van der Waals surface area (Å²) in [6.07, 6.45) is 1.62. The second-order valence-electron chi connectivity index (χ2n) is 3.25. The van der Waals surface area contributed by atoms with E-state index in [9.17, 15) is 0 Å². The van der Waals surface area contributed by atoms with E-state index in [0.717, 1.165) is 32.0 Å². The van der Waals surface area contributed by atoms with Gasteiger partial charge in [-0.15, -0.1) is 37.2 Å². The van der Waals surface area contributed by atoms with E-state index < -0.39 is 0 Å². The molecule has 0 radical (unpaired) electrons. The number of rotatable bonds is 1. The summed E-state index contributed by atoms with van der Waals surface area (Å²) >= 11 is 0. The molecule has 4 nitrogen and oxygen atoms in total. The van der Waals surface area contributed by atoms with Gasteiger partial charge in [0.05, 0.1) is 5.56 Å². The fourth-order valence-electron chi connectivity index (χ4n) is 1.53. The molecule has 1 N–H and O–H groups in total. The van der Waals surface area contributed by atoms with Crippen molar-refractivity contribution < 1.29 is 0 Å². The fourth-order valence-corrected chi connectivity index (χ4v) is 1.53. The van der Waals surface area contributed by atoms with E-state index in [1.807, 2.05) is 12.1 Å². The number of nitrogens with zero attached hydrogens (tertiary/aromatic N) is 3. The molecule has 0 saturated carbocycles. The van der Waals surface area contributed by atoms with E-state index in [4.69, 9.17) is 5.26 Å². The van der Waals surface area contributed by atoms with Crippen LogP contribution in [0.3, 0.4) is 0 Å². The Kier molecular flexibility index (Phi) is 10.2. The number of nitrogens with one attached hydrogen (secondary N) is 1. The largest absolute Gasteiger partial charge is 0.354 e. The lowest BCUT2D eigenvalue weighted by atomic mass is 10.3. The molecule has 0 aromatic carbocycles. The summed E-state index contributed by atoms with van der Waals surface area (Å²) in [7, 11) is 0.